The molecule has 12 heavy (non-hydrogen) atoms. The van der Waals surface area contributed by atoms with Crippen molar-refractivity contribution in [2.75, 3.05) is 14.2 Å². The zero-order chi connectivity index (χ0) is 8.97. The van der Waals surface area contributed by atoms with Gasteiger partial charge in [-0.2, -0.15) is 0 Å². The maximum absolute atomic E-state index is 5.49. The van der Waals surface area contributed by atoms with Crippen LogP contribution in [0.25, 0.3) is 0 Å². The average Bonchev–Trinajstić information content (AvgIpc) is 2.16. The van der Waals surface area contributed by atoms with Gasteiger partial charge in [-0.1, -0.05) is 12.8 Å². The fraction of sp³-hybridized carbons (Fsp3) is 1.00. The first-order valence-electron chi connectivity index (χ1n) is 4.99. The first-order valence-corrected chi connectivity index (χ1v) is 4.99. The van der Waals surface area contributed by atoms with Crippen LogP contribution in [0.1, 0.15) is 32.6 Å². The van der Waals surface area contributed by atoms with Crippen molar-refractivity contribution >= 4 is 0 Å². The Hall–Kier alpha value is -0.0800. The molecule has 1 rings (SSSR count). The second-order valence-electron chi connectivity index (χ2n) is 3.80. The lowest BCUT2D eigenvalue weighted by molar-refractivity contribution is 0.0116. The molecule has 0 bridgehead atoms. The molecule has 1 N–H and O–H groups in total. The van der Waals surface area contributed by atoms with Crippen LogP contribution < -0.4 is 5.32 Å². The third-order valence-electron chi connectivity index (χ3n) is 3.15. The molecular formula is C10H21NO. The molecule has 3 unspecified atom stereocenters. The number of methoxy groups -OCH3 is 1. The fourth-order valence-corrected chi connectivity index (χ4v) is 2.20. The minimum absolute atomic E-state index is 0.487. The third-order valence-corrected chi connectivity index (χ3v) is 3.15. The summed E-state index contributed by atoms with van der Waals surface area (Å²) in [6, 6.07) is 0.593. The molecule has 0 aromatic rings. The van der Waals surface area contributed by atoms with E-state index in [1.807, 2.05) is 14.2 Å². The molecule has 2 heteroatoms. The van der Waals surface area contributed by atoms with E-state index in [2.05, 4.69) is 12.2 Å². The molecule has 0 spiro atoms. The van der Waals surface area contributed by atoms with Crippen molar-refractivity contribution in [1.29, 1.82) is 0 Å². The highest BCUT2D eigenvalue weighted by molar-refractivity contribution is 4.82. The van der Waals surface area contributed by atoms with E-state index in [9.17, 15) is 0 Å². The van der Waals surface area contributed by atoms with Crippen molar-refractivity contribution in [2.24, 2.45) is 5.92 Å². The molecule has 0 aromatic heterocycles. The maximum atomic E-state index is 5.49. The van der Waals surface area contributed by atoms with Gasteiger partial charge in [-0.05, 0) is 26.8 Å². The van der Waals surface area contributed by atoms with E-state index in [1.165, 1.54) is 25.7 Å². The summed E-state index contributed by atoms with van der Waals surface area (Å²) in [4.78, 5) is 0. The summed E-state index contributed by atoms with van der Waals surface area (Å²) < 4.78 is 5.49. The van der Waals surface area contributed by atoms with Crippen LogP contribution in [0.15, 0.2) is 0 Å². The van der Waals surface area contributed by atoms with Crippen LogP contribution in [-0.4, -0.2) is 26.3 Å². The smallest absolute Gasteiger partial charge is 0.0614 e. The topological polar surface area (TPSA) is 21.3 Å². The van der Waals surface area contributed by atoms with Crippen molar-refractivity contribution in [1.82, 2.24) is 5.32 Å². The summed E-state index contributed by atoms with van der Waals surface area (Å²) in [6.07, 6.45) is 5.76. The molecule has 1 fully saturated rings. The lowest BCUT2D eigenvalue weighted by atomic mass is 9.82. The van der Waals surface area contributed by atoms with E-state index in [0.717, 1.165) is 0 Å². The van der Waals surface area contributed by atoms with Gasteiger partial charge in [0.05, 0.1) is 6.10 Å². The van der Waals surface area contributed by atoms with Gasteiger partial charge >= 0.3 is 0 Å². The predicted octanol–water partition coefficient (Wildman–Crippen LogP) is 1.80. The summed E-state index contributed by atoms with van der Waals surface area (Å²) in [5.41, 5.74) is 0. The molecule has 0 saturated heterocycles. The predicted molar refractivity (Wildman–Crippen MR) is 51.3 cm³/mol. The Morgan fingerprint density at radius 2 is 2.00 bits per heavy atom. The minimum atomic E-state index is 0.487. The van der Waals surface area contributed by atoms with E-state index in [1.54, 1.807) is 0 Å². The zero-order valence-electron chi connectivity index (χ0n) is 8.47. The summed E-state index contributed by atoms with van der Waals surface area (Å²) >= 11 is 0. The fourth-order valence-electron chi connectivity index (χ4n) is 2.20. The van der Waals surface area contributed by atoms with Crippen molar-refractivity contribution < 1.29 is 4.74 Å². The largest absolute Gasteiger partial charge is 0.381 e. The van der Waals surface area contributed by atoms with E-state index < -0.39 is 0 Å². The third kappa shape index (κ3) is 2.20. The lowest BCUT2D eigenvalue weighted by Crippen LogP contribution is -2.40. The van der Waals surface area contributed by atoms with Gasteiger partial charge in [0, 0.05) is 19.1 Å². The molecule has 0 aromatic carbocycles. The van der Waals surface area contributed by atoms with Gasteiger partial charge in [0.1, 0.15) is 0 Å². The molecule has 0 aliphatic heterocycles. The first kappa shape index (κ1) is 10.0. The quantitative estimate of drug-likeness (QED) is 0.699. The SMILES string of the molecule is CNC(C)C1CCCCC1OC. The Labute approximate surface area is 75.7 Å². The second kappa shape index (κ2) is 4.83. The first-order chi connectivity index (χ1) is 5.79. The molecule has 0 heterocycles. The van der Waals surface area contributed by atoms with Gasteiger partial charge in [-0.15, -0.1) is 0 Å². The minimum Gasteiger partial charge on any atom is -0.381 e. The van der Waals surface area contributed by atoms with Crippen LogP contribution in [0, 0.1) is 5.92 Å². The van der Waals surface area contributed by atoms with Crippen LogP contribution in [0.5, 0.6) is 0 Å². The average molecular weight is 171 g/mol. The lowest BCUT2D eigenvalue weighted by Gasteiger charge is -2.34. The molecule has 1 aliphatic carbocycles. The van der Waals surface area contributed by atoms with E-state index >= 15 is 0 Å². The maximum Gasteiger partial charge on any atom is 0.0614 e. The Morgan fingerprint density at radius 3 is 2.58 bits per heavy atom. The summed E-state index contributed by atoms with van der Waals surface area (Å²) in [6.45, 7) is 2.25. The molecule has 72 valence electrons. The normalized spacial score (nSPS) is 33.2. The summed E-state index contributed by atoms with van der Waals surface area (Å²) in [7, 11) is 3.87. The Kier molecular flexibility index (Phi) is 4.02. The van der Waals surface area contributed by atoms with Gasteiger partial charge in [0.2, 0.25) is 0 Å². The van der Waals surface area contributed by atoms with E-state index in [0.29, 0.717) is 18.1 Å². The monoisotopic (exact) mass is 171 g/mol. The Bertz CT molecular complexity index is 127. The van der Waals surface area contributed by atoms with Crippen LogP contribution >= 0.6 is 0 Å². The second-order valence-corrected chi connectivity index (χ2v) is 3.80. The molecule has 1 saturated carbocycles. The Morgan fingerprint density at radius 1 is 1.33 bits per heavy atom. The number of hydrogen-bond acceptors (Lipinski definition) is 2. The molecular weight excluding hydrogens is 150 g/mol. The number of ether oxygens (including phenoxy) is 1. The van der Waals surface area contributed by atoms with Crippen molar-refractivity contribution in [2.45, 2.75) is 44.8 Å². The molecule has 0 amide bonds. The summed E-state index contributed by atoms with van der Waals surface area (Å²) in [5, 5.41) is 3.32. The molecule has 2 nitrogen and oxygen atoms in total. The molecule has 3 atom stereocenters. The van der Waals surface area contributed by atoms with Gasteiger partial charge in [0.25, 0.3) is 0 Å². The van der Waals surface area contributed by atoms with Gasteiger partial charge in [-0.3, -0.25) is 0 Å². The van der Waals surface area contributed by atoms with Gasteiger partial charge in [-0.25, -0.2) is 0 Å². The van der Waals surface area contributed by atoms with Crippen LogP contribution in [0.2, 0.25) is 0 Å². The number of nitrogens with one attached hydrogen (secondary N) is 1. The van der Waals surface area contributed by atoms with Crippen molar-refractivity contribution in [3.05, 3.63) is 0 Å². The number of rotatable bonds is 3. The molecule has 0 radical (unpaired) electrons. The highest BCUT2D eigenvalue weighted by Gasteiger charge is 2.28. The highest BCUT2D eigenvalue weighted by atomic mass is 16.5. The van der Waals surface area contributed by atoms with Crippen molar-refractivity contribution in [3.63, 3.8) is 0 Å². The van der Waals surface area contributed by atoms with Crippen molar-refractivity contribution in [3.8, 4) is 0 Å². The van der Waals surface area contributed by atoms with Crippen LogP contribution in [0.4, 0.5) is 0 Å². The Balaban J connectivity index is 2.46. The number of hydrogen-bond donors (Lipinski definition) is 1. The van der Waals surface area contributed by atoms with Gasteiger partial charge in [0.15, 0.2) is 0 Å². The van der Waals surface area contributed by atoms with Crippen LogP contribution in [-0.2, 0) is 4.74 Å². The van der Waals surface area contributed by atoms with E-state index in [-0.39, 0.29) is 0 Å². The molecule has 1 aliphatic rings. The van der Waals surface area contributed by atoms with Gasteiger partial charge < -0.3 is 10.1 Å². The van der Waals surface area contributed by atoms with Crippen LogP contribution in [0.3, 0.4) is 0 Å². The zero-order valence-corrected chi connectivity index (χ0v) is 8.47. The highest BCUT2D eigenvalue weighted by Crippen LogP contribution is 2.28. The van der Waals surface area contributed by atoms with E-state index in [4.69, 9.17) is 4.74 Å². The standard InChI is InChI=1S/C10H21NO/c1-8(11-2)9-6-4-5-7-10(9)12-3/h8-11H,4-7H2,1-3H3. The summed E-state index contributed by atoms with van der Waals surface area (Å²) in [5.74, 6) is 0.716.